The van der Waals surface area contributed by atoms with E-state index >= 15 is 0 Å². The third-order valence-corrected chi connectivity index (χ3v) is 5.14. The summed E-state index contributed by atoms with van der Waals surface area (Å²) in [6.07, 6.45) is 0.580. The molecule has 0 bridgehead atoms. The number of aromatic nitrogens is 2. The number of nitro groups is 1. The molecule has 0 aliphatic carbocycles. The van der Waals surface area contributed by atoms with Crippen molar-refractivity contribution in [1.82, 2.24) is 15.1 Å². The lowest BCUT2D eigenvalue weighted by Crippen LogP contribution is -2.31. The van der Waals surface area contributed by atoms with E-state index in [-0.39, 0.29) is 17.3 Å². The Kier molecular flexibility index (Phi) is 5.28. The van der Waals surface area contributed by atoms with Crippen LogP contribution in [0, 0.1) is 15.9 Å². The average molecular weight is 410 g/mol. The smallest absolute Gasteiger partial charge is 0.273 e. The molecule has 0 saturated heterocycles. The van der Waals surface area contributed by atoms with Crippen LogP contribution in [0.4, 0.5) is 10.1 Å². The van der Waals surface area contributed by atoms with E-state index < -0.39 is 16.8 Å². The number of carbonyl (C=O) groups excluding carboxylic acids is 1. The van der Waals surface area contributed by atoms with E-state index in [1.807, 2.05) is 0 Å². The van der Waals surface area contributed by atoms with Gasteiger partial charge in [-0.3, -0.25) is 20.0 Å². The van der Waals surface area contributed by atoms with Crippen LogP contribution in [0.1, 0.15) is 34.1 Å². The molecule has 0 radical (unpaired) electrons. The van der Waals surface area contributed by atoms with Crippen molar-refractivity contribution in [3.05, 3.63) is 81.3 Å². The number of halogens is 1. The Labute approximate surface area is 171 Å². The number of non-ortho nitro benzene ring substituents is 1. The van der Waals surface area contributed by atoms with E-state index in [2.05, 4.69) is 10.2 Å². The lowest BCUT2D eigenvalue weighted by molar-refractivity contribution is -0.384. The number of nitrogens with zero attached hydrogens (tertiary/aromatic N) is 3. The highest BCUT2D eigenvalue weighted by molar-refractivity contribution is 6.00. The summed E-state index contributed by atoms with van der Waals surface area (Å²) in [6, 6.07) is 11.6. The lowest BCUT2D eigenvalue weighted by atomic mass is 9.95. The monoisotopic (exact) mass is 410 g/mol. The van der Waals surface area contributed by atoms with Crippen molar-refractivity contribution in [2.45, 2.75) is 12.5 Å². The van der Waals surface area contributed by atoms with Gasteiger partial charge in [-0.1, -0.05) is 30.3 Å². The molecule has 2 aromatic carbocycles. The molecule has 0 saturated carbocycles. The van der Waals surface area contributed by atoms with Gasteiger partial charge in [-0.15, -0.1) is 0 Å². The van der Waals surface area contributed by atoms with Crippen molar-refractivity contribution in [3.8, 4) is 11.3 Å². The first kappa shape index (κ1) is 19.7. The Bertz CT molecular complexity index is 1110. The predicted molar refractivity (Wildman–Crippen MR) is 106 cm³/mol. The predicted octanol–water partition coefficient (Wildman–Crippen LogP) is 3.71. The van der Waals surface area contributed by atoms with Crippen LogP contribution in [0.15, 0.2) is 48.5 Å². The van der Waals surface area contributed by atoms with Crippen molar-refractivity contribution in [3.63, 3.8) is 0 Å². The second kappa shape index (κ2) is 8.03. The van der Waals surface area contributed by atoms with Gasteiger partial charge < -0.3 is 9.64 Å². The largest absolute Gasteiger partial charge is 0.385 e. The Balaban J connectivity index is 1.85. The standard InChI is InChI=1S/C21H19FN4O4/c1-30-11-5-10-25-20(15-8-2-3-9-16(15)22)17-18(23-24-19(17)21(25)27)13-6-4-7-14(12-13)26(28)29/h2-4,6-9,12,20H,5,10-11H2,1H3,(H,23,24). The minimum Gasteiger partial charge on any atom is -0.385 e. The van der Waals surface area contributed by atoms with Gasteiger partial charge in [0.2, 0.25) is 0 Å². The quantitative estimate of drug-likeness (QED) is 0.364. The Morgan fingerprint density at radius 2 is 2.07 bits per heavy atom. The summed E-state index contributed by atoms with van der Waals surface area (Å²) in [5.41, 5.74) is 1.91. The summed E-state index contributed by atoms with van der Waals surface area (Å²) in [5.74, 6) is -0.732. The summed E-state index contributed by atoms with van der Waals surface area (Å²) in [6.45, 7) is 0.820. The number of carbonyl (C=O) groups is 1. The number of benzene rings is 2. The second-order valence-electron chi connectivity index (χ2n) is 6.94. The maximum absolute atomic E-state index is 14.8. The molecule has 3 aromatic rings. The fourth-order valence-electron chi connectivity index (χ4n) is 3.81. The van der Waals surface area contributed by atoms with Crippen molar-refractivity contribution in [1.29, 1.82) is 0 Å². The maximum Gasteiger partial charge on any atom is 0.273 e. The van der Waals surface area contributed by atoms with Gasteiger partial charge in [-0.25, -0.2) is 4.39 Å². The number of aromatic amines is 1. The number of methoxy groups -OCH3 is 1. The zero-order valence-corrected chi connectivity index (χ0v) is 16.2. The fourth-order valence-corrected chi connectivity index (χ4v) is 3.81. The molecule has 0 spiro atoms. The topological polar surface area (TPSA) is 101 Å². The molecule has 1 unspecified atom stereocenters. The van der Waals surface area contributed by atoms with E-state index in [9.17, 15) is 19.3 Å². The van der Waals surface area contributed by atoms with Gasteiger partial charge >= 0.3 is 0 Å². The Morgan fingerprint density at radius 1 is 1.27 bits per heavy atom. The Hall–Kier alpha value is -3.59. The number of amides is 1. The van der Waals surface area contributed by atoms with Crippen LogP contribution in [0.5, 0.6) is 0 Å². The number of nitro benzene ring substituents is 1. The molecule has 154 valence electrons. The van der Waals surface area contributed by atoms with Gasteiger partial charge in [0.25, 0.3) is 11.6 Å². The fraction of sp³-hybridized carbons (Fsp3) is 0.238. The summed E-state index contributed by atoms with van der Waals surface area (Å²) >= 11 is 0. The van der Waals surface area contributed by atoms with Gasteiger partial charge in [0.1, 0.15) is 11.5 Å². The molecule has 1 aromatic heterocycles. The van der Waals surface area contributed by atoms with Crippen LogP contribution < -0.4 is 0 Å². The molecule has 4 rings (SSSR count). The van der Waals surface area contributed by atoms with Crippen LogP contribution in [-0.2, 0) is 4.74 Å². The van der Waals surface area contributed by atoms with Crippen molar-refractivity contribution in [2.24, 2.45) is 0 Å². The minimum absolute atomic E-state index is 0.0898. The first-order valence-corrected chi connectivity index (χ1v) is 9.40. The highest BCUT2D eigenvalue weighted by atomic mass is 19.1. The molecule has 30 heavy (non-hydrogen) atoms. The first-order valence-electron chi connectivity index (χ1n) is 9.40. The molecular weight excluding hydrogens is 391 g/mol. The molecule has 8 nitrogen and oxygen atoms in total. The summed E-state index contributed by atoms with van der Waals surface area (Å²) < 4.78 is 19.8. The SMILES string of the molecule is COCCCN1C(=O)c2[nH]nc(-c3cccc([N+](=O)[O-])c3)c2C1c1ccccc1F. The number of nitrogens with one attached hydrogen (secondary N) is 1. The lowest BCUT2D eigenvalue weighted by Gasteiger charge is -2.26. The highest BCUT2D eigenvalue weighted by Crippen LogP contribution is 2.43. The second-order valence-corrected chi connectivity index (χ2v) is 6.94. The number of ether oxygens (including phenoxy) is 1. The van der Waals surface area contributed by atoms with E-state index in [0.717, 1.165) is 0 Å². The first-order chi connectivity index (χ1) is 14.5. The number of fused-ring (bicyclic) bond motifs is 1. The molecule has 1 N–H and O–H groups in total. The third-order valence-electron chi connectivity index (χ3n) is 5.14. The minimum atomic E-state index is -0.696. The molecule has 9 heteroatoms. The summed E-state index contributed by atoms with van der Waals surface area (Å²) in [5, 5.41) is 18.2. The molecule has 1 atom stereocenters. The van der Waals surface area contributed by atoms with E-state index in [1.54, 1.807) is 42.3 Å². The molecule has 1 aliphatic heterocycles. The molecule has 1 amide bonds. The molecular formula is C21H19FN4O4. The third kappa shape index (κ3) is 3.33. The maximum atomic E-state index is 14.8. The van der Waals surface area contributed by atoms with Crippen molar-refractivity contribution in [2.75, 3.05) is 20.3 Å². The number of hydrogen-bond donors (Lipinski definition) is 1. The normalized spacial score (nSPS) is 15.5. The van der Waals surface area contributed by atoms with Gasteiger partial charge in [0.15, 0.2) is 0 Å². The number of hydrogen-bond acceptors (Lipinski definition) is 5. The van der Waals surface area contributed by atoms with E-state index in [1.165, 1.54) is 18.2 Å². The van der Waals surface area contributed by atoms with Gasteiger partial charge in [-0.05, 0) is 12.5 Å². The summed E-state index contributed by atoms with van der Waals surface area (Å²) in [4.78, 5) is 25.4. The van der Waals surface area contributed by atoms with Gasteiger partial charge in [-0.2, -0.15) is 5.10 Å². The van der Waals surface area contributed by atoms with Crippen molar-refractivity contribution < 1.29 is 18.8 Å². The molecule has 1 aliphatic rings. The van der Waals surface area contributed by atoms with Gasteiger partial charge in [0, 0.05) is 49.1 Å². The highest BCUT2D eigenvalue weighted by Gasteiger charge is 2.42. The van der Waals surface area contributed by atoms with Crippen LogP contribution in [0.25, 0.3) is 11.3 Å². The van der Waals surface area contributed by atoms with Gasteiger partial charge in [0.05, 0.1) is 16.7 Å². The number of rotatable bonds is 7. The molecule has 2 heterocycles. The number of H-pyrrole nitrogens is 1. The zero-order valence-electron chi connectivity index (χ0n) is 16.2. The average Bonchev–Trinajstić information content (AvgIpc) is 3.28. The van der Waals surface area contributed by atoms with Crippen molar-refractivity contribution >= 4 is 11.6 Å². The van der Waals surface area contributed by atoms with Crippen LogP contribution >= 0.6 is 0 Å². The zero-order chi connectivity index (χ0) is 21.3. The van der Waals surface area contributed by atoms with Crippen LogP contribution in [0.2, 0.25) is 0 Å². The van der Waals surface area contributed by atoms with E-state index in [4.69, 9.17) is 4.74 Å². The van der Waals surface area contributed by atoms with Crippen LogP contribution in [0.3, 0.4) is 0 Å². The summed E-state index contributed by atoms with van der Waals surface area (Å²) in [7, 11) is 1.58. The Morgan fingerprint density at radius 3 is 2.80 bits per heavy atom. The van der Waals surface area contributed by atoms with E-state index in [0.29, 0.717) is 42.0 Å². The van der Waals surface area contributed by atoms with Crippen LogP contribution in [-0.4, -0.2) is 46.2 Å². The molecule has 0 fully saturated rings.